The Hall–Kier alpha value is -2.82. The molecule has 0 radical (unpaired) electrons. The number of nitrogens with zero attached hydrogens (tertiary/aromatic N) is 1. The SMILES string of the molecule is CN[C@@H]1CCc2c(ccc(OCc3ccccc3)c2N(C)Cc2ccccc2)[C@H]1O. The molecule has 0 amide bonds. The molecule has 4 heteroatoms. The van der Waals surface area contributed by atoms with Crippen molar-refractivity contribution in [1.82, 2.24) is 5.32 Å². The van der Waals surface area contributed by atoms with E-state index >= 15 is 0 Å². The normalized spacial score (nSPS) is 18.0. The van der Waals surface area contributed by atoms with Gasteiger partial charge in [-0.2, -0.15) is 0 Å². The molecule has 0 unspecified atom stereocenters. The highest BCUT2D eigenvalue weighted by molar-refractivity contribution is 5.67. The zero-order valence-corrected chi connectivity index (χ0v) is 17.7. The van der Waals surface area contributed by atoms with Crippen molar-refractivity contribution in [3.63, 3.8) is 0 Å². The Morgan fingerprint density at radius 3 is 2.30 bits per heavy atom. The van der Waals surface area contributed by atoms with Crippen molar-refractivity contribution in [2.45, 2.75) is 38.1 Å². The van der Waals surface area contributed by atoms with Gasteiger partial charge in [-0.05, 0) is 48.2 Å². The van der Waals surface area contributed by atoms with Gasteiger partial charge in [-0.25, -0.2) is 0 Å². The van der Waals surface area contributed by atoms with Crippen LogP contribution in [0, 0.1) is 0 Å². The monoisotopic (exact) mass is 402 g/mol. The Labute approximate surface area is 179 Å². The van der Waals surface area contributed by atoms with Gasteiger partial charge < -0.3 is 20.1 Å². The fourth-order valence-corrected chi connectivity index (χ4v) is 4.35. The zero-order chi connectivity index (χ0) is 20.9. The first kappa shape index (κ1) is 20.5. The van der Waals surface area contributed by atoms with Crippen molar-refractivity contribution in [2.24, 2.45) is 0 Å². The van der Waals surface area contributed by atoms with Crippen LogP contribution in [0.3, 0.4) is 0 Å². The Kier molecular flexibility index (Phi) is 6.36. The van der Waals surface area contributed by atoms with Gasteiger partial charge in [-0.15, -0.1) is 0 Å². The van der Waals surface area contributed by atoms with Crippen LogP contribution in [0.2, 0.25) is 0 Å². The molecule has 0 saturated heterocycles. The van der Waals surface area contributed by atoms with Crippen molar-refractivity contribution in [3.05, 3.63) is 95.1 Å². The van der Waals surface area contributed by atoms with E-state index in [0.29, 0.717) is 6.61 Å². The van der Waals surface area contributed by atoms with Gasteiger partial charge in [0.05, 0.1) is 11.8 Å². The summed E-state index contributed by atoms with van der Waals surface area (Å²) in [6.45, 7) is 1.30. The summed E-state index contributed by atoms with van der Waals surface area (Å²) in [4.78, 5) is 2.25. The number of benzene rings is 3. The maximum atomic E-state index is 10.9. The van der Waals surface area contributed by atoms with Gasteiger partial charge in [0.15, 0.2) is 0 Å². The minimum absolute atomic E-state index is 0.0841. The van der Waals surface area contributed by atoms with Gasteiger partial charge in [-0.3, -0.25) is 0 Å². The second-order valence-electron chi connectivity index (χ2n) is 7.97. The van der Waals surface area contributed by atoms with Gasteiger partial charge in [0.2, 0.25) is 0 Å². The fraction of sp³-hybridized carbons (Fsp3) is 0.308. The van der Waals surface area contributed by atoms with Crippen molar-refractivity contribution in [1.29, 1.82) is 0 Å². The molecule has 4 rings (SSSR count). The van der Waals surface area contributed by atoms with Crippen LogP contribution in [-0.4, -0.2) is 25.2 Å². The Balaban J connectivity index is 1.68. The van der Waals surface area contributed by atoms with Gasteiger partial charge >= 0.3 is 0 Å². The minimum Gasteiger partial charge on any atom is -0.487 e. The maximum absolute atomic E-state index is 10.9. The summed E-state index contributed by atoms with van der Waals surface area (Å²) < 4.78 is 6.30. The highest BCUT2D eigenvalue weighted by Crippen LogP contribution is 2.42. The van der Waals surface area contributed by atoms with Crippen molar-refractivity contribution in [2.75, 3.05) is 19.0 Å². The predicted molar refractivity (Wildman–Crippen MR) is 122 cm³/mol. The van der Waals surface area contributed by atoms with Crippen LogP contribution in [-0.2, 0) is 19.6 Å². The third-order valence-electron chi connectivity index (χ3n) is 5.94. The average molecular weight is 403 g/mol. The molecule has 3 aromatic rings. The maximum Gasteiger partial charge on any atom is 0.143 e. The van der Waals surface area contributed by atoms with Gasteiger partial charge in [0, 0.05) is 19.6 Å². The number of anilines is 1. The van der Waals surface area contributed by atoms with Crippen molar-refractivity contribution < 1.29 is 9.84 Å². The number of aliphatic hydroxyl groups is 1. The van der Waals surface area contributed by atoms with Crippen LogP contribution in [0.1, 0.15) is 34.8 Å². The third-order valence-corrected chi connectivity index (χ3v) is 5.94. The van der Waals surface area contributed by atoms with Crippen molar-refractivity contribution >= 4 is 5.69 Å². The molecule has 0 aromatic heterocycles. The highest BCUT2D eigenvalue weighted by atomic mass is 16.5. The van der Waals surface area contributed by atoms with E-state index in [0.717, 1.165) is 42.0 Å². The topological polar surface area (TPSA) is 44.7 Å². The molecule has 30 heavy (non-hydrogen) atoms. The van der Waals surface area contributed by atoms with Crippen LogP contribution in [0.25, 0.3) is 0 Å². The average Bonchev–Trinajstić information content (AvgIpc) is 2.79. The molecule has 0 bridgehead atoms. The second kappa shape index (κ2) is 9.33. The Bertz CT molecular complexity index is 960. The molecular formula is C26H30N2O2. The van der Waals surface area contributed by atoms with E-state index < -0.39 is 6.10 Å². The summed E-state index contributed by atoms with van der Waals surface area (Å²) in [5.41, 5.74) is 5.67. The molecule has 1 aliphatic carbocycles. The lowest BCUT2D eigenvalue weighted by Gasteiger charge is -2.34. The zero-order valence-electron chi connectivity index (χ0n) is 17.7. The smallest absolute Gasteiger partial charge is 0.143 e. The molecule has 0 spiro atoms. The number of nitrogens with one attached hydrogen (secondary N) is 1. The van der Waals surface area contributed by atoms with Crippen LogP contribution >= 0.6 is 0 Å². The Morgan fingerprint density at radius 1 is 0.967 bits per heavy atom. The van der Waals surface area contributed by atoms with E-state index in [2.05, 4.69) is 53.7 Å². The van der Waals surface area contributed by atoms with Crippen LogP contribution < -0.4 is 15.0 Å². The van der Waals surface area contributed by atoms with E-state index in [1.54, 1.807) is 0 Å². The Morgan fingerprint density at radius 2 is 1.63 bits per heavy atom. The standard InChI is InChI=1S/C26H30N2O2/c1-27-23-15-13-21-22(26(23)29)14-16-24(30-18-20-11-7-4-8-12-20)25(21)28(2)17-19-9-5-3-6-10-19/h3-12,14,16,23,26-27,29H,13,15,17-18H2,1-2H3/t23-,26-/m1/s1. The molecule has 0 aliphatic heterocycles. The largest absolute Gasteiger partial charge is 0.487 e. The first-order chi connectivity index (χ1) is 14.7. The number of hydrogen-bond acceptors (Lipinski definition) is 4. The molecule has 1 aliphatic rings. The van der Waals surface area contributed by atoms with E-state index in [-0.39, 0.29) is 6.04 Å². The number of rotatable bonds is 7. The lowest BCUT2D eigenvalue weighted by atomic mass is 9.84. The van der Waals surface area contributed by atoms with Crippen molar-refractivity contribution in [3.8, 4) is 5.75 Å². The minimum atomic E-state index is -0.509. The van der Waals surface area contributed by atoms with E-state index in [1.807, 2.05) is 43.4 Å². The quantitative estimate of drug-likeness (QED) is 0.612. The predicted octanol–water partition coefficient (Wildman–Crippen LogP) is 4.47. The summed E-state index contributed by atoms with van der Waals surface area (Å²) in [5.74, 6) is 0.867. The molecule has 156 valence electrons. The number of aliphatic hydroxyl groups excluding tert-OH is 1. The number of hydrogen-bond donors (Lipinski definition) is 2. The van der Waals surface area contributed by atoms with Gasteiger partial charge in [-0.1, -0.05) is 66.7 Å². The first-order valence-electron chi connectivity index (χ1n) is 10.6. The number of fused-ring (bicyclic) bond motifs is 1. The molecule has 2 atom stereocenters. The van der Waals surface area contributed by atoms with Crippen LogP contribution in [0.15, 0.2) is 72.8 Å². The molecular weight excluding hydrogens is 372 g/mol. The summed E-state index contributed by atoms with van der Waals surface area (Å²) in [6, 6.07) is 24.8. The fourth-order valence-electron chi connectivity index (χ4n) is 4.35. The van der Waals surface area contributed by atoms with Crippen LogP contribution in [0.4, 0.5) is 5.69 Å². The highest BCUT2D eigenvalue weighted by Gasteiger charge is 2.30. The molecule has 3 aromatic carbocycles. The van der Waals surface area contributed by atoms with Crippen LogP contribution in [0.5, 0.6) is 5.75 Å². The molecule has 0 fully saturated rings. The lowest BCUT2D eigenvalue weighted by Crippen LogP contribution is -2.36. The molecule has 0 saturated carbocycles. The molecule has 4 nitrogen and oxygen atoms in total. The summed E-state index contributed by atoms with van der Waals surface area (Å²) in [5, 5.41) is 14.1. The first-order valence-corrected chi connectivity index (χ1v) is 10.6. The lowest BCUT2D eigenvalue weighted by molar-refractivity contribution is 0.119. The second-order valence-corrected chi connectivity index (χ2v) is 7.97. The molecule has 0 heterocycles. The summed E-state index contributed by atoms with van der Waals surface area (Å²) in [7, 11) is 4.02. The van der Waals surface area contributed by atoms with E-state index in [1.165, 1.54) is 11.1 Å². The summed E-state index contributed by atoms with van der Waals surface area (Å²) >= 11 is 0. The number of ether oxygens (including phenoxy) is 1. The van der Waals surface area contributed by atoms with E-state index in [4.69, 9.17) is 4.74 Å². The summed E-state index contributed by atoms with van der Waals surface area (Å²) in [6.07, 6.45) is 1.30. The van der Waals surface area contributed by atoms with Gasteiger partial charge in [0.25, 0.3) is 0 Å². The molecule has 2 N–H and O–H groups in total. The number of likely N-dealkylation sites (N-methyl/N-ethyl adjacent to an activating group) is 1. The third kappa shape index (κ3) is 4.35. The van der Waals surface area contributed by atoms with Gasteiger partial charge in [0.1, 0.15) is 12.4 Å². The van der Waals surface area contributed by atoms with E-state index in [9.17, 15) is 5.11 Å².